The molecule has 2 aromatic rings. The molecule has 1 aromatic carbocycles. The zero-order valence-corrected chi connectivity index (χ0v) is 14.7. The van der Waals surface area contributed by atoms with Crippen molar-refractivity contribution in [2.45, 2.75) is 25.9 Å². The summed E-state index contributed by atoms with van der Waals surface area (Å²) in [6.07, 6.45) is 2.93. The van der Waals surface area contributed by atoms with Gasteiger partial charge < -0.3 is 19.5 Å². The van der Waals surface area contributed by atoms with Gasteiger partial charge in [-0.05, 0) is 19.1 Å². The molecule has 2 heterocycles. The molecule has 26 heavy (non-hydrogen) atoms. The van der Waals surface area contributed by atoms with Gasteiger partial charge in [-0.25, -0.2) is 0 Å². The molecule has 0 radical (unpaired) electrons. The summed E-state index contributed by atoms with van der Waals surface area (Å²) in [4.78, 5) is 28.4. The lowest BCUT2D eigenvalue weighted by atomic mass is 10.1. The molecule has 7 heteroatoms. The van der Waals surface area contributed by atoms with E-state index in [9.17, 15) is 9.59 Å². The van der Waals surface area contributed by atoms with E-state index in [4.69, 9.17) is 14.2 Å². The van der Waals surface area contributed by atoms with E-state index in [0.29, 0.717) is 35.8 Å². The van der Waals surface area contributed by atoms with E-state index in [1.165, 1.54) is 0 Å². The standard InChI is InChI=1S/C19H20N2O5/c1-3-25-17(22)10-13-11-20-8-7-14(13)21-19(23)16-9-12-5-4-6-15(24-2)18(12)26-16/h4-8,11,16H,3,9-10H2,1-2H3,(H,20,21,23). The number of nitrogens with zero attached hydrogens (tertiary/aromatic N) is 1. The van der Waals surface area contributed by atoms with Gasteiger partial charge in [-0.3, -0.25) is 14.6 Å². The number of methoxy groups -OCH3 is 1. The van der Waals surface area contributed by atoms with Crippen LogP contribution in [0.15, 0.2) is 36.7 Å². The molecule has 136 valence electrons. The second kappa shape index (κ2) is 7.86. The average Bonchev–Trinajstić information content (AvgIpc) is 3.08. The molecule has 1 amide bonds. The van der Waals surface area contributed by atoms with Gasteiger partial charge in [0.05, 0.1) is 20.1 Å². The summed E-state index contributed by atoms with van der Waals surface area (Å²) in [5, 5.41) is 2.82. The second-order valence-electron chi connectivity index (χ2n) is 5.76. The van der Waals surface area contributed by atoms with Gasteiger partial charge in [-0.15, -0.1) is 0 Å². The smallest absolute Gasteiger partial charge is 0.310 e. The predicted molar refractivity (Wildman–Crippen MR) is 94.3 cm³/mol. The van der Waals surface area contributed by atoms with Gasteiger partial charge in [-0.1, -0.05) is 12.1 Å². The van der Waals surface area contributed by atoms with Gasteiger partial charge in [-0.2, -0.15) is 0 Å². The van der Waals surface area contributed by atoms with Crippen LogP contribution in [-0.4, -0.2) is 36.7 Å². The van der Waals surface area contributed by atoms with Crippen molar-refractivity contribution in [3.8, 4) is 11.5 Å². The quantitative estimate of drug-likeness (QED) is 0.798. The van der Waals surface area contributed by atoms with Crippen LogP contribution in [0.5, 0.6) is 11.5 Å². The zero-order valence-electron chi connectivity index (χ0n) is 14.7. The SMILES string of the molecule is CCOC(=O)Cc1cnccc1NC(=O)C1Cc2cccc(OC)c2O1. The normalized spacial score (nSPS) is 14.9. The summed E-state index contributed by atoms with van der Waals surface area (Å²) in [5.74, 6) is 0.533. The Morgan fingerprint density at radius 2 is 2.19 bits per heavy atom. The molecule has 1 unspecified atom stereocenters. The first-order valence-electron chi connectivity index (χ1n) is 8.34. The minimum atomic E-state index is -0.662. The van der Waals surface area contributed by atoms with E-state index >= 15 is 0 Å². The third kappa shape index (κ3) is 3.77. The number of fused-ring (bicyclic) bond motifs is 1. The number of nitrogens with one attached hydrogen (secondary N) is 1. The summed E-state index contributed by atoms with van der Waals surface area (Å²) >= 11 is 0. The number of hydrogen-bond acceptors (Lipinski definition) is 6. The molecular formula is C19H20N2O5. The number of carbonyl (C=O) groups is 2. The molecule has 1 atom stereocenters. The van der Waals surface area contributed by atoms with Crippen LogP contribution in [0.2, 0.25) is 0 Å². The van der Waals surface area contributed by atoms with Gasteiger partial charge >= 0.3 is 5.97 Å². The first-order valence-corrected chi connectivity index (χ1v) is 8.34. The topological polar surface area (TPSA) is 86.8 Å². The van der Waals surface area contributed by atoms with Gasteiger partial charge in [0.25, 0.3) is 5.91 Å². The molecule has 0 bridgehead atoms. The van der Waals surface area contributed by atoms with Crippen molar-refractivity contribution in [1.82, 2.24) is 4.98 Å². The number of aromatic nitrogens is 1. The summed E-state index contributed by atoms with van der Waals surface area (Å²) < 4.78 is 16.0. The molecule has 1 aromatic heterocycles. The number of rotatable bonds is 6. The third-order valence-corrected chi connectivity index (χ3v) is 4.04. The molecule has 0 saturated heterocycles. The van der Waals surface area contributed by atoms with E-state index in [1.54, 1.807) is 38.6 Å². The summed E-state index contributed by atoms with van der Waals surface area (Å²) in [5.41, 5.74) is 2.03. The molecule has 0 spiro atoms. The summed E-state index contributed by atoms with van der Waals surface area (Å²) in [6, 6.07) is 7.21. The summed E-state index contributed by atoms with van der Waals surface area (Å²) in [6.45, 7) is 2.05. The van der Waals surface area contributed by atoms with E-state index in [1.807, 2.05) is 12.1 Å². The molecule has 0 saturated carbocycles. The van der Waals surface area contributed by atoms with E-state index in [2.05, 4.69) is 10.3 Å². The maximum absolute atomic E-state index is 12.6. The molecule has 7 nitrogen and oxygen atoms in total. The lowest BCUT2D eigenvalue weighted by molar-refractivity contribution is -0.142. The Morgan fingerprint density at radius 1 is 1.35 bits per heavy atom. The van der Waals surface area contributed by atoms with Crippen LogP contribution in [0.4, 0.5) is 5.69 Å². The zero-order chi connectivity index (χ0) is 18.5. The fourth-order valence-corrected chi connectivity index (χ4v) is 2.82. The van der Waals surface area contributed by atoms with Crippen molar-refractivity contribution in [3.05, 3.63) is 47.8 Å². The van der Waals surface area contributed by atoms with Gasteiger partial charge in [0, 0.05) is 35.6 Å². The molecule has 1 N–H and O–H groups in total. The highest BCUT2D eigenvalue weighted by molar-refractivity contribution is 5.96. The van der Waals surface area contributed by atoms with Crippen LogP contribution in [0.25, 0.3) is 0 Å². The van der Waals surface area contributed by atoms with Crippen molar-refractivity contribution in [2.24, 2.45) is 0 Å². The number of ether oxygens (including phenoxy) is 3. The number of hydrogen-bond donors (Lipinski definition) is 1. The Kier molecular flexibility index (Phi) is 5.36. The van der Waals surface area contributed by atoms with Crippen molar-refractivity contribution in [2.75, 3.05) is 19.0 Å². The highest BCUT2D eigenvalue weighted by atomic mass is 16.5. The Morgan fingerprint density at radius 3 is 2.96 bits per heavy atom. The maximum Gasteiger partial charge on any atom is 0.310 e. The van der Waals surface area contributed by atoms with Crippen molar-refractivity contribution in [3.63, 3.8) is 0 Å². The number of benzene rings is 1. The number of anilines is 1. The van der Waals surface area contributed by atoms with Crippen molar-refractivity contribution >= 4 is 17.6 Å². The highest BCUT2D eigenvalue weighted by Crippen LogP contribution is 2.37. The van der Waals surface area contributed by atoms with E-state index < -0.39 is 6.10 Å². The lowest BCUT2D eigenvalue weighted by Crippen LogP contribution is -2.32. The average molecular weight is 356 g/mol. The van der Waals surface area contributed by atoms with Crippen LogP contribution < -0.4 is 14.8 Å². The van der Waals surface area contributed by atoms with Crippen LogP contribution in [0.3, 0.4) is 0 Å². The van der Waals surface area contributed by atoms with Gasteiger partial charge in [0.1, 0.15) is 0 Å². The van der Waals surface area contributed by atoms with E-state index in [-0.39, 0.29) is 18.3 Å². The number of amides is 1. The predicted octanol–water partition coefficient (Wildman–Crippen LogP) is 2.14. The Labute approximate surface area is 151 Å². The largest absolute Gasteiger partial charge is 0.493 e. The number of para-hydroxylation sites is 1. The molecule has 0 aliphatic carbocycles. The Balaban J connectivity index is 1.71. The monoisotopic (exact) mass is 356 g/mol. The number of esters is 1. The Hall–Kier alpha value is -3.09. The minimum Gasteiger partial charge on any atom is -0.493 e. The lowest BCUT2D eigenvalue weighted by Gasteiger charge is -2.14. The van der Waals surface area contributed by atoms with Crippen molar-refractivity contribution < 1.29 is 23.8 Å². The van der Waals surface area contributed by atoms with Crippen molar-refractivity contribution in [1.29, 1.82) is 0 Å². The number of pyridine rings is 1. The number of carbonyl (C=O) groups excluding carboxylic acids is 2. The Bertz CT molecular complexity index is 821. The van der Waals surface area contributed by atoms with Gasteiger partial charge in [0.2, 0.25) is 0 Å². The molecule has 1 aliphatic rings. The second-order valence-corrected chi connectivity index (χ2v) is 5.76. The van der Waals surface area contributed by atoms with Crippen LogP contribution in [0, 0.1) is 0 Å². The highest BCUT2D eigenvalue weighted by Gasteiger charge is 2.31. The minimum absolute atomic E-state index is 0.0386. The summed E-state index contributed by atoms with van der Waals surface area (Å²) in [7, 11) is 1.56. The first kappa shape index (κ1) is 17.7. The van der Waals surface area contributed by atoms with E-state index in [0.717, 1.165) is 5.56 Å². The molecule has 0 fully saturated rings. The maximum atomic E-state index is 12.6. The molecular weight excluding hydrogens is 336 g/mol. The van der Waals surface area contributed by atoms with Crippen LogP contribution in [-0.2, 0) is 27.2 Å². The van der Waals surface area contributed by atoms with Crippen LogP contribution >= 0.6 is 0 Å². The fraction of sp³-hybridized carbons (Fsp3) is 0.316. The third-order valence-electron chi connectivity index (χ3n) is 4.04. The van der Waals surface area contributed by atoms with Crippen LogP contribution in [0.1, 0.15) is 18.1 Å². The fourth-order valence-electron chi connectivity index (χ4n) is 2.82. The first-order chi connectivity index (χ1) is 12.6. The molecule has 1 aliphatic heterocycles. The van der Waals surface area contributed by atoms with Gasteiger partial charge in [0.15, 0.2) is 17.6 Å². The molecule has 3 rings (SSSR count).